The molecule has 5 nitrogen and oxygen atoms in total. The number of pyridine rings is 1. The average Bonchev–Trinajstić information content (AvgIpc) is 2.47. The van der Waals surface area contributed by atoms with Crippen molar-refractivity contribution in [3.05, 3.63) is 18.3 Å². The summed E-state index contributed by atoms with van der Waals surface area (Å²) in [6.07, 6.45) is -1.66. The first-order valence-electron chi connectivity index (χ1n) is 6.95. The maximum Gasteiger partial charge on any atom is 0.391 e. The summed E-state index contributed by atoms with van der Waals surface area (Å²) in [4.78, 5) is 3.97. The second-order valence-electron chi connectivity index (χ2n) is 5.33. The summed E-state index contributed by atoms with van der Waals surface area (Å²) in [5, 5.41) is 2.95. The molecule has 9 heteroatoms. The quantitative estimate of drug-likeness (QED) is 0.886. The lowest BCUT2D eigenvalue weighted by Gasteiger charge is -2.31. The Balaban J connectivity index is 2.02. The van der Waals surface area contributed by atoms with Gasteiger partial charge in [0.2, 0.25) is 10.0 Å². The number of hydrogen-bond donors (Lipinski definition) is 2. The summed E-state index contributed by atoms with van der Waals surface area (Å²) >= 11 is 0. The molecule has 2 rings (SSSR count). The largest absolute Gasteiger partial charge is 0.391 e. The van der Waals surface area contributed by atoms with E-state index in [1.165, 1.54) is 25.4 Å². The molecule has 0 amide bonds. The van der Waals surface area contributed by atoms with Crippen LogP contribution in [-0.2, 0) is 10.0 Å². The van der Waals surface area contributed by atoms with E-state index in [9.17, 15) is 21.6 Å². The van der Waals surface area contributed by atoms with Crippen LogP contribution in [0.1, 0.15) is 25.7 Å². The highest BCUT2D eigenvalue weighted by molar-refractivity contribution is 7.89. The third-order valence-electron chi connectivity index (χ3n) is 3.80. The van der Waals surface area contributed by atoms with E-state index in [4.69, 9.17) is 0 Å². The van der Waals surface area contributed by atoms with Crippen molar-refractivity contribution in [2.24, 2.45) is 5.92 Å². The fraction of sp³-hybridized carbons (Fsp3) is 0.615. The van der Waals surface area contributed by atoms with Gasteiger partial charge in [-0.05, 0) is 38.4 Å². The summed E-state index contributed by atoms with van der Waals surface area (Å²) in [7, 11) is -2.27. The molecule has 1 saturated carbocycles. The van der Waals surface area contributed by atoms with Crippen LogP contribution < -0.4 is 10.0 Å². The number of aromatic nitrogens is 1. The molecule has 1 heterocycles. The minimum Gasteiger partial charge on any atom is -0.367 e. The molecule has 2 unspecified atom stereocenters. The molecule has 0 radical (unpaired) electrons. The van der Waals surface area contributed by atoms with Crippen LogP contribution >= 0.6 is 0 Å². The molecule has 2 atom stereocenters. The lowest BCUT2D eigenvalue weighted by atomic mass is 9.85. The maximum atomic E-state index is 12.8. The minimum atomic E-state index is -4.17. The van der Waals surface area contributed by atoms with Crippen molar-refractivity contribution >= 4 is 15.8 Å². The number of halogens is 3. The van der Waals surface area contributed by atoms with Gasteiger partial charge in [0.15, 0.2) is 0 Å². The lowest BCUT2D eigenvalue weighted by Crippen LogP contribution is -2.34. The predicted octanol–water partition coefficient (Wildman–Crippen LogP) is 2.52. The van der Waals surface area contributed by atoms with Gasteiger partial charge >= 0.3 is 6.18 Å². The van der Waals surface area contributed by atoms with Crippen molar-refractivity contribution in [2.45, 2.75) is 42.8 Å². The third kappa shape index (κ3) is 4.10. The number of sulfonamides is 1. The van der Waals surface area contributed by atoms with Gasteiger partial charge in [0.05, 0.1) is 5.92 Å². The highest BCUT2D eigenvalue weighted by Crippen LogP contribution is 2.38. The third-order valence-corrected chi connectivity index (χ3v) is 5.20. The van der Waals surface area contributed by atoms with Crippen LogP contribution in [0.5, 0.6) is 0 Å². The van der Waals surface area contributed by atoms with Gasteiger partial charge < -0.3 is 5.32 Å². The van der Waals surface area contributed by atoms with E-state index in [1.54, 1.807) is 0 Å². The van der Waals surface area contributed by atoms with Gasteiger partial charge in [-0.1, -0.05) is 6.42 Å². The zero-order chi connectivity index (χ0) is 16.4. The standard InChI is InChI=1S/C13H18F3N3O2S/c1-17-22(20,21)11-5-6-12(18-8-11)19-10-4-2-3-9(7-10)13(14,15)16/h5-6,8-10,17H,2-4,7H2,1H3,(H,18,19). The summed E-state index contributed by atoms with van der Waals surface area (Å²) in [5.74, 6) is -0.912. The van der Waals surface area contributed by atoms with Crippen molar-refractivity contribution in [1.29, 1.82) is 0 Å². The Morgan fingerprint density at radius 2 is 2.00 bits per heavy atom. The van der Waals surface area contributed by atoms with Gasteiger partial charge in [-0.3, -0.25) is 0 Å². The second-order valence-corrected chi connectivity index (χ2v) is 7.22. The first kappa shape index (κ1) is 17.0. The smallest absolute Gasteiger partial charge is 0.367 e. The average molecular weight is 337 g/mol. The predicted molar refractivity (Wildman–Crippen MR) is 75.9 cm³/mol. The van der Waals surface area contributed by atoms with E-state index in [2.05, 4.69) is 15.0 Å². The molecule has 2 N–H and O–H groups in total. The summed E-state index contributed by atoms with van der Waals surface area (Å²) < 4.78 is 63.6. The number of anilines is 1. The van der Waals surface area contributed by atoms with E-state index >= 15 is 0 Å². The Hall–Kier alpha value is -1.35. The zero-order valence-electron chi connectivity index (χ0n) is 12.0. The SMILES string of the molecule is CNS(=O)(=O)c1ccc(NC2CCCC(C(F)(F)F)C2)nc1. The molecule has 1 aliphatic rings. The Kier molecular flexibility index (Phi) is 4.96. The van der Waals surface area contributed by atoms with Gasteiger partial charge in [0, 0.05) is 12.2 Å². The van der Waals surface area contributed by atoms with Crippen molar-refractivity contribution < 1.29 is 21.6 Å². The number of alkyl halides is 3. The molecule has 124 valence electrons. The maximum absolute atomic E-state index is 12.8. The molecule has 0 spiro atoms. The van der Waals surface area contributed by atoms with Crippen molar-refractivity contribution in [3.8, 4) is 0 Å². The molecule has 1 fully saturated rings. The van der Waals surface area contributed by atoms with Crippen LogP contribution in [0.3, 0.4) is 0 Å². The second kappa shape index (κ2) is 6.41. The van der Waals surface area contributed by atoms with Gasteiger partial charge in [0.1, 0.15) is 10.7 Å². The van der Waals surface area contributed by atoms with Gasteiger partial charge in [-0.15, -0.1) is 0 Å². The van der Waals surface area contributed by atoms with E-state index in [0.717, 1.165) is 0 Å². The normalized spacial score (nSPS) is 23.3. The number of nitrogens with zero attached hydrogens (tertiary/aromatic N) is 1. The monoisotopic (exact) mass is 337 g/mol. The molecule has 1 aromatic heterocycles. The van der Waals surface area contributed by atoms with Crippen LogP contribution in [0.25, 0.3) is 0 Å². The van der Waals surface area contributed by atoms with Crippen LogP contribution in [0, 0.1) is 5.92 Å². The summed E-state index contributed by atoms with van der Waals surface area (Å²) in [5.41, 5.74) is 0. The highest BCUT2D eigenvalue weighted by Gasteiger charge is 2.42. The first-order chi connectivity index (χ1) is 10.2. The van der Waals surface area contributed by atoms with Gasteiger partial charge in [-0.2, -0.15) is 13.2 Å². The van der Waals surface area contributed by atoms with Crippen LogP contribution in [0.4, 0.5) is 19.0 Å². The van der Waals surface area contributed by atoms with Gasteiger partial charge in [0.25, 0.3) is 0 Å². The van der Waals surface area contributed by atoms with Crippen molar-refractivity contribution in [3.63, 3.8) is 0 Å². The zero-order valence-corrected chi connectivity index (χ0v) is 12.8. The first-order valence-corrected chi connectivity index (χ1v) is 8.43. The van der Waals surface area contributed by atoms with Crippen molar-refractivity contribution in [2.75, 3.05) is 12.4 Å². The molecule has 22 heavy (non-hydrogen) atoms. The fourth-order valence-corrected chi connectivity index (χ4v) is 3.24. The summed E-state index contributed by atoms with van der Waals surface area (Å²) in [6, 6.07) is 2.52. The molecule has 0 bridgehead atoms. The number of rotatable bonds is 4. The Morgan fingerprint density at radius 3 is 2.55 bits per heavy atom. The molecule has 0 saturated heterocycles. The molecule has 1 aromatic rings. The Labute approximate surface area is 127 Å². The topological polar surface area (TPSA) is 71.1 Å². The van der Waals surface area contributed by atoms with E-state index < -0.39 is 22.1 Å². The van der Waals surface area contributed by atoms with Gasteiger partial charge in [-0.25, -0.2) is 18.1 Å². The van der Waals surface area contributed by atoms with E-state index in [1.807, 2.05) is 0 Å². The van der Waals surface area contributed by atoms with E-state index in [-0.39, 0.29) is 23.8 Å². The molecule has 0 aromatic carbocycles. The van der Waals surface area contributed by atoms with Crippen molar-refractivity contribution in [1.82, 2.24) is 9.71 Å². The van der Waals surface area contributed by atoms with Crippen LogP contribution in [-0.4, -0.2) is 32.7 Å². The highest BCUT2D eigenvalue weighted by atomic mass is 32.2. The van der Waals surface area contributed by atoms with Crippen LogP contribution in [0.15, 0.2) is 23.2 Å². The number of nitrogens with one attached hydrogen (secondary N) is 2. The Bertz CT molecular complexity index is 602. The minimum absolute atomic E-state index is 0.0114. The fourth-order valence-electron chi connectivity index (χ4n) is 2.57. The Morgan fingerprint density at radius 1 is 1.27 bits per heavy atom. The lowest BCUT2D eigenvalue weighted by molar-refractivity contribution is -0.182. The van der Waals surface area contributed by atoms with E-state index in [0.29, 0.717) is 18.7 Å². The number of hydrogen-bond acceptors (Lipinski definition) is 4. The molecule has 1 aliphatic carbocycles. The summed E-state index contributed by atoms with van der Waals surface area (Å²) in [6.45, 7) is 0. The molecular formula is C13H18F3N3O2S. The van der Waals surface area contributed by atoms with Crippen LogP contribution in [0.2, 0.25) is 0 Å². The molecular weight excluding hydrogens is 319 g/mol. The molecule has 0 aliphatic heterocycles.